The number of anilines is 1. The van der Waals surface area contributed by atoms with Crippen LogP contribution < -0.4 is 5.32 Å². The minimum absolute atomic E-state index is 0.0216. The first-order valence-electron chi connectivity index (χ1n) is 7.26. The van der Waals surface area contributed by atoms with Gasteiger partial charge in [0.2, 0.25) is 0 Å². The zero-order valence-corrected chi connectivity index (χ0v) is 11.9. The third-order valence-electron chi connectivity index (χ3n) is 4.23. The number of nitro groups is 1. The third kappa shape index (κ3) is 3.51. The molecule has 0 bridgehead atoms. The molecule has 21 heavy (non-hydrogen) atoms. The number of carboxylic acid groups (broad SMARTS) is 1. The summed E-state index contributed by atoms with van der Waals surface area (Å²) in [5.41, 5.74) is -0.459. The topological polar surface area (TPSA) is 92.5 Å². The summed E-state index contributed by atoms with van der Waals surface area (Å²) < 4.78 is 0. The van der Waals surface area contributed by atoms with Crippen molar-refractivity contribution in [2.24, 2.45) is 5.41 Å². The molecule has 0 saturated heterocycles. The Hall–Kier alpha value is -2.11. The highest BCUT2D eigenvalue weighted by atomic mass is 16.6. The maximum Gasteiger partial charge on any atom is 0.311 e. The zero-order chi connectivity index (χ0) is 15.3. The van der Waals surface area contributed by atoms with E-state index >= 15 is 0 Å². The molecule has 0 amide bonds. The number of nitrogens with one attached hydrogen (secondary N) is 1. The third-order valence-corrected chi connectivity index (χ3v) is 4.23. The molecular formula is C15H20N2O4. The highest BCUT2D eigenvalue weighted by Gasteiger charge is 2.38. The normalized spacial score (nSPS) is 17.7. The maximum absolute atomic E-state index is 11.7. The van der Waals surface area contributed by atoms with Gasteiger partial charge in [-0.25, -0.2) is 0 Å². The predicted octanol–water partition coefficient (Wildman–Crippen LogP) is 3.43. The molecule has 0 atom stereocenters. The van der Waals surface area contributed by atoms with Crippen molar-refractivity contribution < 1.29 is 14.8 Å². The average Bonchev–Trinajstić information content (AvgIpc) is 2.72. The molecule has 1 aromatic carbocycles. The largest absolute Gasteiger partial charge is 0.481 e. The molecule has 1 aromatic rings. The average molecular weight is 292 g/mol. The number of aliphatic carboxylic acids is 1. The smallest absolute Gasteiger partial charge is 0.311 e. The van der Waals surface area contributed by atoms with Gasteiger partial charge in [-0.15, -0.1) is 0 Å². The Bertz CT molecular complexity index is 522. The molecule has 114 valence electrons. The first-order chi connectivity index (χ1) is 10.1. The van der Waals surface area contributed by atoms with Crippen LogP contribution in [0.1, 0.15) is 38.5 Å². The van der Waals surface area contributed by atoms with E-state index in [1.165, 1.54) is 6.07 Å². The molecule has 0 radical (unpaired) electrons. The van der Waals surface area contributed by atoms with E-state index in [1.54, 1.807) is 18.2 Å². The number of para-hydroxylation sites is 2. The van der Waals surface area contributed by atoms with Gasteiger partial charge in [-0.1, -0.05) is 37.8 Å². The second-order valence-corrected chi connectivity index (χ2v) is 5.63. The lowest BCUT2D eigenvalue weighted by Crippen LogP contribution is -2.37. The van der Waals surface area contributed by atoms with Crippen molar-refractivity contribution >= 4 is 17.3 Å². The minimum atomic E-state index is -0.819. The van der Waals surface area contributed by atoms with Gasteiger partial charge in [-0.2, -0.15) is 0 Å². The minimum Gasteiger partial charge on any atom is -0.481 e. The molecule has 2 rings (SSSR count). The van der Waals surface area contributed by atoms with Gasteiger partial charge in [0.05, 0.1) is 10.3 Å². The summed E-state index contributed by atoms with van der Waals surface area (Å²) in [5, 5.41) is 23.6. The zero-order valence-electron chi connectivity index (χ0n) is 11.9. The van der Waals surface area contributed by atoms with Gasteiger partial charge in [0.25, 0.3) is 5.69 Å². The summed E-state index contributed by atoms with van der Waals surface area (Å²) in [7, 11) is 0. The van der Waals surface area contributed by atoms with Crippen molar-refractivity contribution in [2.75, 3.05) is 11.9 Å². The lowest BCUT2D eigenvalue weighted by molar-refractivity contribution is -0.384. The number of hydrogen-bond donors (Lipinski definition) is 2. The van der Waals surface area contributed by atoms with Crippen LogP contribution in [0.25, 0.3) is 0 Å². The van der Waals surface area contributed by atoms with E-state index in [0.717, 1.165) is 25.7 Å². The lowest BCUT2D eigenvalue weighted by Gasteiger charge is -2.28. The van der Waals surface area contributed by atoms with Gasteiger partial charge in [0.1, 0.15) is 5.69 Å². The molecule has 0 heterocycles. The first kappa shape index (κ1) is 15.3. The van der Waals surface area contributed by atoms with Gasteiger partial charge in [-0.3, -0.25) is 14.9 Å². The summed E-state index contributed by atoms with van der Waals surface area (Å²) in [4.78, 5) is 22.2. The van der Waals surface area contributed by atoms with Crippen LogP contribution >= 0.6 is 0 Å². The van der Waals surface area contributed by atoms with Crippen molar-refractivity contribution in [1.82, 2.24) is 0 Å². The van der Waals surface area contributed by atoms with Crippen LogP contribution in [0.15, 0.2) is 24.3 Å². The molecule has 1 saturated carbocycles. The number of hydrogen-bond acceptors (Lipinski definition) is 4. The molecule has 0 aromatic heterocycles. The van der Waals surface area contributed by atoms with E-state index in [4.69, 9.17) is 0 Å². The second-order valence-electron chi connectivity index (χ2n) is 5.63. The Kier molecular flexibility index (Phi) is 4.77. The molecular weight excluding hydrogens is 272 g/mol. The van der Waals surface area contributed by atoms with Gasteiger partial charge < -0.3 is 10.4 Å². The summed E-state index contributed by atoms with van der Waals surface area (Å²) in [6.07, 6.45) is 5.14. The molecule has 1 aliphatic carbocycles. The number of nitrogens with zero attached hydrogens (tertiary/aromatic N) is 1. The molecule has 0 aliphatic heterocycles. The number of benzene rings is 1. The summed E-state index contributed by atoms with van der Waals surface area (Å²) in [6, 6.07) is 6.34. The Morgan fingerprint density at radius 2 is 1.86 bits per heavy atom. The molecule has 0 spiro atoms. The van der Waals surface area contributed by atoms with Crippen LogP contribution in [0.4, 0.5) is 11.4 Å². The summed E-state index contributed by atoms with van der Waals surface area (Å²) >= 11 is 0. The highest BCUT2D eigenvalue weighted by Crippen LogP contribution is 2.36. The van der Waals surface area contributed by atoms with Crippen LogP contribution in [0.3, 0.4) is 0 Å². The summed E-state index contributed by atoms with van der Waals surface area (Å²) in [6.45, 7) is 0.229. The lowest BCUT2D eigenvalue weighted by atomic mass is 9.80. The van der Waals surface area contributed by atoms with Crippen LogP contribution in [-0.4, -0.2) is 22.5 Å². The predicted molar refractivity (Wildman–Crippen MR) is 79.4 cm³/mol. The van der Waals surface area contributed by atoms with E-state index in [0.29, 0.717) is 18.5 Å². The van der Waals surface area contributed by atoms with Crippen LogP contribution in [0.5, 0.6) is 0 Å². The molecule has 1 aliphatic rings. The van der Waals surface area contributed by atoms with Crippen molar-refractivity contribution in [3.63, 3.8) is 0 Å². The van der Waals surface area contributed by atoms with Gasteiger partial charge in [0, 0.05) is 12.6 Å². The standard InChI is InChI=1S/C15H20N2O4/c18-14(19)15(9-5-1-2-6-10-15)11-16-12-7-3-4-8-13(12)17(20)21/h3-4,7-8,16H,1-2,5-6,9-11H2,(H,18,19). The Labute approximate surface area is 123 Å². The van der Waals surface area contributed by atoms with E-state index in [1.807, 2.05) is 0 Å². The van der Waals surface area contributed by atoms with Crippen molar-refractivity contribution in [2.45, 2.75) is 38.5 Å². The Morgan fingerprint density at radius 1 is 1.24 bits per heavy atom. The second kappa shape index (κ2) is 6.56. The molecule has 2 N–H and O–H groups in total. The quantitative estimate of drug-likeness (QED) is 0.492. The monoisotopic (exact) mass is 292 g/mol. The van der Waals surface area contributed by atoms with E-state index in [-0.39, 0.29) is 12.2 Å². The van der Waals surface area contributed by atoms with Crippen molar-refractivity contribution in [3.8, 4) is 0 Å². The van der Waals surface area contributed by atoms with E-state index in [9.17, 15) is 20.0 Å². The molecule has 6 heteroatoms. The van der Waals surface area contributed by atoms with E-state index in [2.05, 4.69) is 5.32 Å². The fourth-order valence-electron chi connectivity index (χ4n) is 2.92. The van der Waals surface area contributed by atoms with Gasteiger partial charge in [0.15, 0.2) is 0 Å². The number of carbonyl (C=O) groups is 1. The molecule has 1 fully saturated rings. The maximum atomic E-state index is 11.7. The molecule has 6 nitrogen and oxygen atoms in total. The fraction of sp³-hybridized carbons (Fsp3) is 0.533. The van der Waals surface area contributed by atoms with Crippen LogP contribution in [0.2, 0.25) is 0 Å². The number of rotatable bonds is 5. The Morgan fingerprint density at radius 3 is 2.43 bits per heavy atom. The van der Waals surface area contributed by atoms with Crippen molar-refractivity contribution in [3.05, 3.63) is 34.4 Å². The highest BCUT2D eigenvalue weighted by molar-refractivity contribution is 5.76. The van der Waals surface area contributed by atoms with Gasteiger partial charge >= 0.3 is 5.97 Å². The fourth-order valence-corrected chi connectivity index (χ4v) is 2.92. The molecule has 0 unspecified atom stereocenters. The summed E-state index contributed by atoms with van der Waals surface area (Å²) in [5.74, 6) is -0.810. The Balaban J connectivity index is 2.16. The van der Waals surface area contributed by atoms with E-state index < -0.39 is 16.3 Å². The van der Waals surface area contributed by atoms with Gasteiger partial charge in [-0.05, 0) is 18.9 Å². The number of carboxylic acids is 1. The number of nitro benzene ring substituents is 1. The SMILES string of the molecule is O=C(O)C1(CNc2ccccc2[N+](=O)[O-])CCCCCC1. The van der Waals surface area contributed by atoms with Crippen LogP contribution in [0, 0.1) is 15.5 Å². The van der Waals surface area contributed by atoms with Crippen molar-refractivity contribution in [1.29, 1.82) is 0 Å². The van der Waals surface area contributed by atoms with Crippen LogP contribution in [-0.2, 0) is 4.79 Å². The first-order valence-corrected chi connectivity index (χ1v) is 7.26.